The van der Waals surface area contributed by atoms with Gasteiger partial charge in [0.25, 0.3) is 0 Å². The van der Waals surface area contributed by atoms with Crippen molar-refractivity contribution in [2.45, 2.75) is 13.5 Å². The molecule has 22 heavy (non-hydrogen) atoms. The van der Waals surface area contributed by atoms with Gasteiger partial charge in [-0.15, -0.1) is 0 Å². The number of ether oxygens (including phenoxy) is 1. The fourth-order valence-electron chi connectivity index (χ4n) is 2.53. The van der Waals surface area contributed by atoms with Gasteiger partial charge in [0, 0.05) is 5.56 Å². The van der Waals surface area contributed by atoms with Crippen LogP contribution in [0.4, 0.5) is 5.69 Å². The van der Waals surface area contributed by atoms with Crippen LogP contribution in [0.5, 0.6) is 0 Å². The van der Waals surface area contributed by atoms with Crippen molar-refractivity contribution in [1.82, 2.24) is 9.55 Å². The quantitative estimate of drug-likeness (QED) is 0.596. The molecular weight excluding hydrogens is 278 g/mol. The van der Waals surface area contributed by atoms with Gasteiger partial charge in [-0.25, -0.2) is 4.98 Å². The maximum Gasteiger partial charge on any atom is 0.325 e. The Balaban J connectivity index is 2.26. The summed E-state index contributed by atoms with van der Waals surface area (Å²) in [5.74, 6) is 0.387. The van der Waals surface area contributed by atoms with E-state index in [0.29, 0.717) is 17.0 Å². The van der Waals surface area contributed by atoms with Crippen molar-refractivity contribution in [2.24, 2.45) is 0 Å². The van der Waals surface area contributed by atoms with Crippen LogP contribution in [0.1, 0.15) is 5.56 Å². The third-order valence-corrected chi connectivity index (χ3v) is 3.60. The molecule has 0 aliphatic heterocycles. The topological polar surface area (TPSA) is 70.1 Å². The van der Waals surface area contributed by atoms with E-state index in [9.17, 15) is 4.79 Å². The summed E-state index contributed by atoms with van der Waals surface area (Å²) in [5.41, 5.74) is 10.2. The summed E-state index contributed by atoms with van der Waals surface area (Å²) in [6.07, 6.45) is 0. The van der Waals surface area contributed by atoms with Gasteiger partial charge in [0.1, 0.15) is 17.9 Å². The fourth-order valence-corrected chi connectivity index (χ4v) is 2.53. The summed E-state index contributed by atoms with van der Waals surface area (Å²) < 4.78 is 6.64. The lowest BCUT2D eigenvalue weighted by atomic mass is 10.1. The lowest BCUT2D eigenvalue weighted by Gasteiger charge is -2.08. The fraction of sp³-hybridized carbons (Fsp3) is 0.176. The first-order valence-corrected chi connectivity index (χ1v) is 6.98. The number of hydrogen-bond donors (Lipinski definition) is 1. The molecular formula is C17H17N3O2. The normalized spacial score (nSPS) is 10.8. The third kappa shape index (κ3) is 2.41. The Morgan fingerprint density at radius 1 is 1.27 bits per heavy atom. The number of rotatable bonds is 3. The van der Waals surface area contributed by atoms with Gasteiger partial charge in [0.05, 0.1) is 18.3 Å². The number of nitrogens with zero attached hydrogens (tertiary/aromatic N) is 2. The molecule has 0 unspecified atom stereocenters. The number of nitrogen functional groups attached to an aromatic ring is 1. The molecule has 0 aliphatic carbocycles. The molecule has 0 saturated heterocycles. The number of fused-ring (bicyclic) bond motifs is 1. The van der Waals surface area contributed by atoms with Crippen LogP contribution in [0, 0.1) is 6.92 Å². The summed E-state index contributed by atoms with van der Waals surface area (Å²) in [7, 11) is 1.38. The molecule has 0 bridgehead atoms. The molecule has 0 fully saturated rings. The molecule has 5 nitrogen and oxygen atoms in total. The smallest absolute Gasteiger partial charge is 0.325 e. The lowest BCUT2D eigenvalue weighted by molar-refractivity contribution is -0.141. The monoisotopic (exact) mass is 295 g/mol. The third-order valence-electron chi connectivity index (χ3n) is 3.60. The Kier molecular flexibility index (Phi) is 3.55. The Morgan fingerprint density at radius 3 is 2.77 bits per heavy atom. The number of imidazole rings is 1. The van der Waals surface area contributed by atoms with Gasteiger partial charge in [-0.3, -0.25) is 4.79 Å². The lowest BCUT2D eigenvalue weighted by Crippen LogP contribution is -2.12. The van der Waals surface area contributed by atoms with E-state index in [1.165, 1.54) is 7.11 Å². The van der Waals surface area contributed by atoms with Crippen molar-refractivity contribution < 1.29 is 9.53 Å². The first-order valence-electron chi connectivity index (χ1n) is 6.98. The molecule has 2 aromatic carbocycles. The van der Waals surface area contributed by atoms with Crippen LogP contribution in [0.15, 0.2) is 42.5 Å². The van der Waals surface area contributed by atoms with Crippen LogP contribution in [-0.4, -0.2) is 22.6 Å². The number of hydrogen-bond acceptors (Lipinski definition) is 4. The average Bonchev–Trinajstić information content (AvgIpc) is 2.87. The van der Waals surface area contributed by atoms with Crippen LogP contribution >= 0.6 is 0 Å². The van der Waals surface area contributed by atoms with E-state index in [4.69, 9.17) is 10.5 Å². The van der Waals surface area contributed by atoms with Gasteiger partial charge in [0.2, 0.25) is 0 Å². The molecule has 0 radical (unpaired) electrons. The minimum absolute atomic E-state index is 0.0970. The molecule has 3 aromatic rings. The van der Waals surface area contributed by atoms with Gasteiger partial charge in [-0.2, -0.15) is 0 Å². The van der Waals surface area contributed by atoms with E-state index in [2.05, 4.69) is 4.98 Å². The molecule has 112 valence electrons. The molecule has 1 aromatic heterocycles. The number of methoxy groups -OCH3 is 1. The van der Waals surface area contributed by atoms with Crippen molar-refractivity contribution in [3.8, 4) is 11.4 Å². The molecule has 0 saturated carbocycles. The zero-order valence-electron chi connectivity index (χ0n) is 12.5. The predicted octanol–water partition coefficient (Wildman–Crippen LogP) is 2.77. The van der Waals surface area contributed by atoms with E-state index in [0.717, 1.165) is 16.6 Å². The number of esters is 1. The number of nitrogens with two attached hydrogens (primary N) is 1. The van der Waals surface area contributed by atoms with Crippen LogP contribution in [0.3, 0.4) is 0 Å². The van der Waals surface area contributed by atoms with Crippen molar-refractivity contribution in [3.63, 3.8) is 0 Å². The van der Waals surface area contributed by atoms with Gasteiger partial charge >= 0.3 is 5.97 Å². The van der Waals surface area contributed by atoms with E-state index >= 15 is 0 Å². The summed E-state index contributed by atoms with van der Waals surface area (Å²) in [4.78, 5) is 16.4. The number of anilines is 1. The second-order valence-corrected chi connectivity index (χ2v) is 5.18. The molecule has 0 amide bonds. The van der Waals surface area contributed by atoms with Crippen molar-refractivity contribution in [2.75, 3.05) is 12.8 Å². The second-order valence-electron chi connectivity index (χ2n) is 5.18. The number of aryl methyl sites for hydroxylation is 1. The molecule has 0 spiro atoms. The van der Waals surface area contributed by atoms with Crippen molar-refractivity contribution in [3.05, 3.63) is 48.0 Å². The average molecular weight is 295 g/mol. The minimum atomic E-state index is -0.323. The Bertz CT molecular complexity index is 852. The number of aromatic nitrogens is 2. The van der Waals surface area contributed by atoms with E-state index < -0.39 is 0 Å². The Hall–Kier alpha value is -2.82. The highest BCUT2D eigenvalue weighted by Gasteiger charge is 2.16. The van der Waals surface area contributed by atoms with Gasteiger partial charge in [0.15, 0.2) is 0 Å². The van der Waals surface area contributed by atoms with Crippen molar-refractivity contribution >= 4 is 22.7 Å². The summed E-state index contributed by atoms with van der Waals surface area (Å²) in [6.45, 7) is 2.12. The van der Waals surface area contributed by atoms with Crippen LogP contribution in [0.2, 0.25) is 0 Å². The standard InChI is InChI=1S/C17H17N3O2/c1-11-5-3-6-12(9-11)17-19-16-13(18)7-4-8-14(16)20(17)10-15(21)22-2/h3-9H,10,18H2,1-2H3. The Labute approximate surface area is 128 Å². The highest BCUT2D eigenvalue weighted by molar-refractivity contribution is 5.91. The summed E-state index contributed by atoms with van der Waals surface area (Å²) >= 11 is 0. The number of carbonyl (C=O) groups is 1. The first kappa shape index (κ1) is 14.1. The van der Waals surface area contributed by atoms with Gasteiger partial charge in [-0.1, -0.05) is 29.8 Å². The molecule has 0 atom stereocenters. The van der Waals surface area contributed by atoms with Gasteiger partial charge < -0.3 is 15.0 Å². The highest BCUT2D eigenvalue weighted by Crippen LogP contribution is 2.28. The second kappa shape index (κ2) is 5.52. The Morgan fingerprint density at radius 2 is 2.05 bits per heavy atom. The summed E-state index contributed by atoms with van der Waals surface area (Å²) in [5, 5.41) is 0. The maximum absolute atomic E-state index is 11.8. The maximum atomic E-state index is 11.8. The molecule has 0 aliphatic rings. The number of para-hydroxylation sites is 1. The van der Waals surface area contributed by atoms with Crippen LogP contribution in [0.25, 0.3) is 22.4 Å². The van der Waals surface area contributed by atoms with Crippen LogP contribution < -0.4 is 5.73 Å². The zero-order valence-corrected chi connectivity index (χ0v) is 12.5. The molecule has 2 N–H and O–H groups in total. The molecule has 3 rings (SSSR count). The number of carbonyl (C=O) groups excluding carboxylic acids is 1. The van der Waals surface area contributed by atoms with Gasteiger partial charge in [-0.05, 0) is 25.1 Å². The number of benzene rings is 2. The largest absolute Gasteiger partial charge is 0.468 e. The van der Waals surface area contributed by atoms with E-state index in [1.807, 2.05) is 47.9 Å². The van der Waals surface area contributed by atoms with E-state index in [-0.39, 0.29) is 12.5 Å². The first-order chi connectivity index (χ1) is 10.6. The highest BCUT2D eigenvalue weighted by atomic mass is 16.5. The van der Waals surface area contributed by atoms with Crippen molar-refractivity contribution in [1.29, 1.82) is 0 Å². The zero-order chi connectivity index (χ0) is 15.7. The van der Waals surface area contributed by atoms with Crippen LogP contribution in [-0.2, 0) is 16.1 Å². The minimum Gasteiger partial charge on any atom is -0.468 e. The SMILES string of the molecule is COC(=O)Cn1c(-c2cccc(C)c2)nc2c(N)cccc21. The van der Waals surface area contributed by atoms with E-state index in [1.54, 1.807) is 6.07 Å². The molecule has 1 heterocycles. The predicted molar refractivity (Wildman–Crippen MR) is 86.3 cm³/mol. The molecule has 5 heteroatoms. The summed E-state index contributed by atoms with van der Waals surface area (Å²) in [6, 6.07) is 13.6.